The number of carbonyl (C=O) groups is 1. The molecule has 2 aromatic rings. The molecule has 0 N–H and O–H groups in total. The number of carbonyl (C=O) groups excluding carboxylic acids is 1. The van der Waals surface area contributed by atoms with Gasteiger partial charge in [0.1, 0.15) is 12.2 Å². The minimum absolute atomic E-state index is 0.00604. The molecule has 0 unspecified atom stereocenters. The van der Waals surface area contributed by atoms with Crippen LogP contribution in [0.25, 0.3) is 5.57 Å². The first-order chi connectivity index (χ1) is 12.3. The highest BCUT2D eigenvalue weighted by atomic mass is 35.5. The first-order valence-corrected chi connectivity index (χ1v) is 8.54. The van der Waals surface area contributed by atoms with Crippen molar-refractivity contribution in [1.29, 1.82) is 0 Å². The average molecular weight is 404 g/mol. The average Bonchev–Trinajstić information content (AvgIpc) is 2.99. The van der Waals surface area contributed by atoms with Gasteiger partial charge in [-0.15, -0.1) is 11.3 Å². The summed E-state index contributed by atoms with van der Waals surface area (Å²) in [6.07, 6.45) is 1.27. The number of aromatic nitrogens is 1. The van der Waals surface area contributed by atoms with Crippen LogP contribution in [0.3, 0.4) is 0 Å². The zero-order chi connectivity index (χ0) is 19.3. The largest absolute Gasteiger partial charge is 0.503 e. The van der Waals surface area contributed by atoms with E-state index in [2.05, 4.69) is 4.98 Å². The summed E-state index contributed by atoms with van der Waals surface area (Å²) in [4.78, 5) is 16.2. The van der Waals surface area contributed by atoms with Crippen LogP contribution in [-0.4, -0.2) is 25.2 Å². The van der Waals surface area contributed by atoms with Crippen molar-refractivity contribution in [3.8, 4) is 5.88 Å². The number of thiazole rings is 1. The van der Waals surface area contributed by atoms with Crippen molar-refractivity contribution in [3.63, 3.8) is 0 Å². The number of hydrogen-bond donors (Lipinski definition) is 0. The number of nitrogens with zero attached hydrogens (tertiary/aromatic N) is 1. The number of hydrogen-bond acceptors (Lipinski definition) is 6. The lowest BCUT2D eigenvalue weighted by molar-refractivity contribution is -0.133. The maximum Gasteiger partial charge on any atom is 0.374 e. The minimum atomic E-state index is -3.55. The van der Waals surface area contributed by atoms with Crippen molar-refractivity contribution in [2.75, 3.05) is 14.2 Å². The van der Waals surface area contributed by atoms with Gasteiger partial charge in [0.05, 0.1) is 25.4 Å². The number of alkyl halides is 3. The quantitative estimate of drug-likeness (QED) is 0.295. The van der Waals surface area contributed by atoms with E-state index in [1.165, 1.54) is 20.5 Å². The highest BCUT2D eigenvalue weighted by Crippen LogP contribution is 2.38. The number of benzene rings is 1. The number of esters is 1. The van der Waals surface area contributed by atoms with Gasteiger partial charge in [0.15, 0.2) is 5.01 Å². The Morgan fingerprint density at radius 2 is 2.04 bits per heavy atom. The molecule has 0 atom stereocenters. The van der Waals surface area contributed by atoms with Crippen LogP contribution in [0.4, 0.5) is 8.78 Å². The second-order valence-electron chi connectivity index (χ2n) is 5.08. The van der Waals surface area contributed by atoms with Crippen LogP contribution >= 0.6 is 22.9 Å². The number of aryl methyl sites for hydroxylation is 1. The SMILES string of the molecule is COC=C(C(=O)OC)c1ccccc1COc1nc(C(F)(F)Cl)sc1C. The summed E-state index contributed by atoms with van der Waals surface area (Å²) in [5.41, 5.74) is 1.38. The second-order valence-corrected chi connectivity index (χ2v) is 6.76. The van der Waals surface area contributed by atoms with Crippen LogP contribution in [-0.2, 0) is 26.3 Å². The molecule has 0 saturated carbocycles. The molecule has 0 saturated heterocycles. The Balaban J connectivity index is 2.28. The fourth-order valence-corrected chi connectivity index (χ4v) is 3.03. The molecular weight excluding hydrogens is 388 g/mol. The van der Waals surface area contributed by atoms with Gasteiger partial charge in [0.2, 0.25) is 5.88 Å². The van der Waals surface area contributed by atoms with E-state index in [1.807, 2.05) is 0 Å². The van der Waals surface area contributed by atoms with Crippen molar-refractivity contribution >= 4 is 34.5 Å². The van der Waals surface area contributed by atoms with E-state index in [0.29, 0.717) is 16.0 Å². The van der Waals surface area contributed by atoms with E-state index < -0.39 is 16.4 Å². The van der Waals surface area contributed by atoms with Gasteiger partial charge < -0.3 is 14.2 Å². The van der Waals surface area contributed by atoms with Crippen molar-refractivity contribution in [2.45, 2.75) is 18.9 Å². The maximum atomic E-state index is 13.2. The van der Waals surface area contributed by atoms with Crippen molar-refractivity contribution in [1.82, 2.24) is 4.98 Å². The zero-order valence-corrected chi connectivity index (χ0v) is 15.8. The molecule has 0 aliphatic heterocycles. The number of rotatable bonds is 7. The minimum Gasteiger partial charge on any atom is -0.503 e. The fraction of sp³-hybridized carbons (Fsp3) is 0.294. The van der Waals surface area contributed by atoms with Crippen LogP contribution in [0.2, 0.25) is 0 Å². The predicted octanol–water partition coefficient (Wildman–Crippen LogP) is 4.48. The van der Waals surface area contributed by atoms with E-state index in [9.17, 15) is 13.6 Å². The molecule has 0 aliphatic rings. The lowest BCUT2D eigenvalue weighted by Gasteiger charge is -2.12. The summed E-state index contributed by atoms with van der Waals surface area (Å²) >= 11 is 5.76. The Morgan fingerprint density at radius 3 is 2.62 bits per heavy atom. The van der Waals surface area contributed by atoms with Crippen molar-refractivity contribution in [3.05, 3.63) is 51.5 Å². The Kier molecular flexibility index (Phi) is 6.55. The van der Waals surface area contributed by atoms with Gasteiger partial charge in [0.25, 0.3) is 0 Å². The van der Waals surface area contributed by atoms with Gasteiger partial charge >= 0.3 is 11.4 Å². The molecule has 9 heteroatoms. The van der Waals surface area contributed by atoms with E-state index >= 15 is 0 Å². The number of methoxy groups -OCH3 is 2. The van der Waals surface area contributed by atoms with E-state index in [0.717, 1.165) is 11.3 Å². The summed E-state index contributed by atoms with van der Waals surface area (Å²) in [5, 5.41) is -4.08. The van der Waals surface area contributed by atoms with Crippen molar-refractivity contribution < 1.29 is 27.8 Å². The standard InChI is InChI=1S/C17H16ClF2NO4S/c1-10-14(21-16(26-10)17(18,19)20)25-8-11-6-4-5-7-12(11)13(9-23-2)15(22)24-3/h4-7,9H,8H2,1-3H3. The lowest BCUT2D eigenvalue weighted by Crippen LogP contribution is -2.08. The van der Waals surface area contributed by atoms with E-state index in [4.69, 9.17) is 25.8 Å². The molecule has 0 radical (unpaired) electrons. The van der Waals surface area contributed by atoms with E-state index in [-0.39, 0.29) is 18.1 Å². The summed E-state index contributed by atoms with van der Waals surface area (Å²) < 4.78 is 41.6. The third-order valence-corrected chi connectivity index (χ3v) is 4.62. The third kappa shape index (κ3) is 4.70. The Hall–Kier alpha value is -2.19. The van der Waals surface area contributed by atoms with Crippen LogP contribution in [0.15, 0.2) is 30.5 Å². The fourth-order valence-electron chi connectivity index (χ4n) is 2.14. The molecule has 1 aromatic carbocycles. The van der Waals surface area contributed by atoms with Gasteiger partial charge in [-0.1, -0.05) is 24.3 Å². The van der Waals surface area contributed by atoms with Gasteiger partial charge in [0, 0.05) is 0 Å². The predicted molar refractivity (Wildman–Crippen MR) is 94.4 cm³/mol. The molecule has 26 heavy (non-hydrogen) atoms. The highest BCUT2D eigenvalue weighted by molar-refractivity contribution is 7.12. The number of halogens is 3. The van der Waals surface area contributed by atoms with Crippen LogP contribution in [0, 0.1) is 6.92 Å². The Bertz CT molecular complexity index is 817. The normalized spacial score (nSPS) is 12.0. The molecule has 0 bridgehead atoms. The summed E-state index contributed by atoms with van der Waals surface area (Å²) in [6, 6.07) is 6.94. The Morgan fingerprint density at radius 1 is 1.35 bits per heavy atom. The first-order valence-electron chi connectivity index (χ1n) is 7.35. The van der Waals surface area contributed by atoms with Crippen LogP contribution in [0.1, 0.15) is 21.0 Å². The molecule has 0 fully saturated rings. The van der Waals surface area contributed by atoms with Crippen LogP contribution < -0.4 is 4.74 Å². The molecule has 1 aromatic heterocycles. The second kappa shape index (κ2) is 8.46. The zero-order valence-electron chi connectivity index (χ0n) is 14.2. The molecule has 0 aliphatic carbocycles. The maximum absolute atomic E-state index is 13.2. The molecule has 5 nitrogen and oxygen atoms in total. The van der Waals surface area contributed by atoms with Gasteiger partial charge in [-0.05, 0) is 29.7 Å². The molecular formula is C17H16ClF2NO4S. The smallest absolute Gasteiger partial charge is 0.374 e. The monoisotopic (exact) mass is 403 g/mol. The Labute approximate surface area is 158 Å². The molecule has 1 heterocycles. The van der Waals surface area contributed by atoms with Gasteiger partial charge in [-0.2, -0.15) is 13.8 Å². The molecule has 0 amide bonds. The molecule has 140 valence electrons. The van der Waals surface area contributed by atoms with Gasteiger partial charge in [-0.3, -0.25) is 0 Å². The third-order valence-electron chi connectivity index (χ3n) is 3.31. The topological polar surface area (TPSA) is 57.7 Å². The summed E-state index contributed by atoms with van der Waals surface area (Å²) in [7, 11) is 2.67. The summed E-state index contributed by atoms with van der Waals surface area (Å²) in [6.45, 7) is 1.61. The van der Waals surface area contributed by atoms with Crippen LogP contribution in [0.5, 0.6) is 5.88 Å². The molecule has 0 spiro atoms. The first kappa shape index (κ1) is 20.1. The van der Waals surface area contributed by atoms with E-state index in [1.54, 1.807) is 31.2 Å². The highest BCUT2D eigenvalue weighted by Gasteiger charge is 2.33. The molecule has 2 rings (SSSR count). The summed E-state index contributed by atoms with van der Waals surface area (Å²) in [5.74, 6) is -0.510. The lowest BCUT2D eigenvalue weighted by atomic mass is 10.0. The van der Waals surface area contributed by atoms with Gasteiger partial charge in [-0.25, -0.2) is 4.79 Å². The number of ether oxygens (including phenoxy) is 3. The van der Waals surface area contributed by atoms with Crippen molar-refractivity contribution in [2.24, 2.45) is 0 Å².